The molecule has 0 aromatic heterocycles. The number of likely N-dealkylation sites (tertiary alicyclic amines) is 1. The normalized spacial score (nSPS) is 29.3. The van der Waals surface area contributed by atoms with Gasteiger partial charge in [0.15, 0.2) is 0 Å². The molecule has 0 aromatic carbocycles. The van der Waals surface area contributed by atoms with Crippen LogP contribution in [0.3, 0.4) is 0 Å². The summed E-state index contributed by atoms with van der Waals surface area (Å²) in [5.74, 6) is -2.67. The zero-order chi connectivity index (χ0) is 14.2. The van der Waals surface area contributed by atoms with Crippen LogP contribution in [0.15, 0.2) is 12.2 Å². The van der Waals surface area contributed by atoms with Gasteiger partial charge in [-0.2, -0.15) is 0 Å². The van der Waals surface area contributed by atoms with Gasteiger partial charge < -0.3 is 5.11 Å². The number of allylic oxidation sites excluding steroid dienone is 2. The lowest BCUT2D eigenvalue weighted by Gasteiger charge is -2.27. The highest BCUT2D eigenvalue weighted by Crippen LogP contribution is 2.37. The first-order valence-corrected chi connectivity index (χ1v) is 6.73. The number of carbonyl (C=O) groups is 3. The first-order valence-electron chi connectivity index (χ1n) is 6.73. The van der Waals surface area contributed by atoms with Gasteiger partial charge in [-0.1, -0.05) is 32.4 Å². The molecule has 5 heteroatoms. The predicted molar refractivity (Wildman–Crippen MR) is 68.1 cm³/mol. The second kappa shape index (κ2) is 5.15. The van der Waals surface area contributed by atoms with Gasteiger partial charge in [-0.25, -0.2) is 4.79 Å². The molecule has 0 bridgehead atoms. The van der Waals surface area contributed by atoms with E-state index in [0.717, 1.165) is 4.90 Å². The maximum Gasteiger partial charge on any atom is 0.327 e. The number of aliphatic carboxylic acids is 1. The number of hydrogen-bond donors (Lipinski definition) is 1. The van der Waals surface area contributed by atoms with Crippen LogP contribution in [-0.2, 0) is 14.4 Å². The Labute approximate surface area is 112 Å². The van der Waals surface area contributed by atoms with E-state index in [1.54, 1.807) is 6.92 Å². The summed E-state index contributed by atoms with van der Waals surface area (Å²) in [4.78, 5) is 37.1. The maximum atomic E-state index is 12.3. The zero-order valence-corrected chi connectivity index (χ0v) is 11.2. The van der Waals surface area contributed by atoms with Gasteiger partial charge in [-0.15, -0.1) is 0 Å². The summed E-state index contributed by atoms with van der Waals surface area (Å²) >= 11 is 0. The predicted octanol–water partition coefficient (Wildman–Crippen LogP) is 1.44. The smallest absolute Gasteiger partial charge is 0.327 e. The van der Waals surface area contributed by atoms with Crippen molar-refractivity contribution in [2.75, 3.05) is 0 Å². The largest absolute Gasteiger partial charge is 0.480 e. The lowest BCUT2D eigenvalue weighted by Crippen LogP contribution is -2.49. The summed E-state index contributed by atoms with van der Waals surface area (Å²) in [5.41, 5.74) is 0. The molecule has 0 aromatic rings. The van der Waals surface area contributed by atoms with Crippen LogP contribution in [0.1, 0.15) is 33.1 Å². The van der Waals surface area contributed by atoms with Gasteiger partial charge in [-0.05, 0) is 18.8 Å². The van der Waals surface area contributed by atoms with Crippen LogP contribution in [0.5, 0.6) is 0 Å². The van der Waals surface area contributed by atoms with E-state index in [2.05, 4.69) is 0 Å². The Morgan fingerprint density at radius 3 is 2.16 bits per heavy atom. The van der Waals surface area contributed by atoms with E-state index < -0.39 is 12.0 Å². The lowest BCUT2D eigenvalue weighted by atomic mass is 9.85. The number of carboxylic acid groups (broad SMARTS) is 1. The molecule has 1 fully saturated rings. The third kappa shape index (κ3) is 2.17. The summed E-state index contributed by atoms with van der Waals surface area (Å²) in [6.07, 6.45) is 5.49. The molecule has 1 heterocycles. The van der Waals surface area contributed by atoms with Crippen molar-refractivity contribution in [1.82, 2.24) is 4.90 Å². The minimum Gasteiger partial charge on any atom is -0.480 e. The molecular weight excluding hydrogens is 246 g/mol. The summed E-state index contributed by atoms with van der Waals surface area (Å²) in [7, 11) is 0. The van der Waals surface area contributed by atoms with Crippen molar-refractivity contribution in [3.8, 4) is 0 Å². The van der Waals surface area contributed by atoms with Crippen LogP contribution < -0.4 is 0 Å². The Balaban J connectivity index is 2.31. The average molecular weight is 265 g/mol. The molecule has 1 aliphatic carbocycles. The molecule has 0 spiro atoms. The molecule has 4 unspecified atom stereocenters. The SMILES string of the molecule is CCC(C)C(C(=O)O)N1C(=O)C2CC=CCC2C1=O. The number of imide groups is 1. The van der Waals surface area contributed by atoms with Crippen LogP contribution in [-0.4, -0.2) is 33.8 Å². The first kappa shape index (κ1) is 13.8. The van der Waals surface area contributed by atoms with Gasteiger partial charge in [0.1, 0.15) is 6.04 Å². The Morgan fingerprint density at radius 2 is 1.79 bits per heavy atom. The molecule has 104 valence electrons. The molecular formula is C14H19NO4. The van der Waals surface area contributed by atoms with Gasteiger partial charge in [0.2, 0.25) is 11.8 Å². The second-order valence-electron chi connectivity index (χ2n) is 5.37. The van der Waals surface area contributed by atoms with Gasteiger partial charge in [-0.3, -0.25) is 14.5 Å². The highest BCUT2D eigenvalue weighted by Gasteiger charge is 2.52. The standard InChI is InChI=1S/C14H19NO4/c1-3-8(2)11(14(18)19)15-12(16)9-6-4-5-7-10(9)13(15)17/h4-5,8-11H,3,6-7H2,1-2H3,(H,18,19). The molecule has 1 aliphatic heterocycles. The summed E-state index contributed by atoms with van der Waals surface area (Å²) in [6, 6.07) is -1.03. The van der Waals surface area contributed by atoms with Crippen LogP contribution in [0.25, 0.3) is 0 Å². The van der Waals surface area contributed by atoms with Gasteiger partial charge in [0.05, 0.1) is 11.8 Å². The van der Waals surface area contributed by atoms with Crippen molar-refractivity contribution in [2.24, 2.45) is 17.8 Å². The third-order valence-electron chi connectivity index (χ3n) is 4.26. The van der Waals surface area contributed by atoms with Crippen LogP contribution in [0.4, 0.5) is 0 Å². The number of rotatable bonds is 4. The molecule has 5 nitrogen and oxygen atoms in total. The number of fused-ring (bicyclic) bond motifs is 1. The van der Waals surface area contributed by atoms with E-state index in [0.29, 0.717) is 19.3 Å². The Morgan fingerprint density at radius 1 is 1.32 bits per heavy atom. The van der Waals surface area contributed by atoms with Crippen LogP contribution in [0, 0.1) is 17.8 Å². The molecule has 1 saturated heterocycles. The molecule has 0 radical (unpaired) electrons. The van der Waals surface area contributed by atoms with E-state index in [1.165, 1.54) is 0 Å². The minimum absolute atomic E-state index is 0.237. The van der Waals surface area contributed by atoms with E-state index in [9.17, 15) is 19.5 Å². The molecule has 2 rings (SSSR count). The van der Waals surface area contributed by atoms with E-state index in [4.69, 9.17) is 0 Å². The van der Waals surface area contributed by atoms with Gasteiger partial charge in [0.25, 0.3) is 0 Å². The van der Waals surface area contributed by atoms with Crippen molar-refractivity contribution in [2.45, 2.75) is 39.2 Å². The number of nitrogens with zero attached hydrogens (tertiary/aromatic N) is 1. The second-order valence-corrected chi connectivity index (χ2v) is 5.37. The Hall–Kier alpha value is -1.65. The number of carbonyl (C=O) groups excluding carboxylic acids is 2. The lowest BCUT2D eigenvalue weighted by molar-refractivity contribution is -0.157. The quantitative estimate of drug-likeness (QED) is 0.616. The third-order valence-corrected chi connectivity index (χ3v) is 4.26. The van der Waals surface area contributed by atoms with E-state index >= 15 is 0 Å². The molecule has 19 heavy (non-hydrogen) atoms. The van der Waals surface area contributed by atoms with Gasteiger partial charge in [0, 0.05) is 0 Å². The fraction of sp³-hybridized carbons (Fsp3) is 0.643. The molecule has 2 aliphatic rings. The highest BCUT2D eigenvalue weighted by molar-refractivity contribution is 6.08. The summed E-state index contributed by atoms with van der Waals surface area (Å²) in [5, 5.41) is 9.34. The first-order chi connectivity index (χ1) is 8.99. The van der Waals surface area contributed by atoms with E-state index in [1.807, 2.05) is 19.1 Å². The van der Waals surface area contributed by atoms with Crippen molar-refractivity contribution < 1.29 is 19.5 Å². The number of amides is 2. The zero-order valence-electron chi connectivity index (χ0n) is 11.2. The summed E-state index contributed by atoms with van der Waals surface area (Å²) < 4.78 is 0. The minimum atomic E-state index is -1.09. The highest BCUT2D eigenvalue weighted by atomic mass is 16.4. The van der Waals surface area contributed by atoms with Crippen LogP contribution >= 0.6 is 0 Å². The maximum absolute atomic E-state index is 12.3. The Bertz CT molecular complexity index is 417. The fourth-order valence-corrected chi connectivity index (χ4v) is 2.93. The molecule has 1 N–H and O–H groups in total. The number of carboxylic acids is 1. The van der Waals surface area contributed by atoms with Gasteiger partial charge >= 0.3 is 5.97 Å². The fourth-order valence-electron chi connectivity index (χ4n) is 2.93. The monoisotopic (exact) mass is 265 g/mol. The van der Waals surface area contributed by atoms with Crippen molar-refractivity contribution in [1.29, 1.82) is 0 Å². The summed E-state index contributed by atoms with van der Waals surface area (Å²) in [6.45, 7) is 3.62. The molecule has 4 atom stereocenters. The van der Waals surface area contributed by atoms with Crippen molar-refractivity contribution in [3.63, 3.8) is 0 Å². The number of hydrogen-bond acceptors (Lipinski definition) is 3. The van der Waals surface area contributed by atoms with Crippen LogP contribution in [0.2, 0.25) is 0 Å². The average Bonchev–Trinajstić information content (AvgIpc) is 2.64. The van der Waals surface area contributed by atoms with E-state index in [-0.39, 0.29) is 29.6 Å². The topological polar surface area (TPSA) is 74.7 Å². The molecule has 0 saturated carbocycles. The van der Waals surface area contributed by atoms with Crippen molar-refractivity contribution >= 4 is 17.8 Å². The molecule has 2 amide bonds. The van der Waals surface area contributed by atoms with Crippen molar-refractivity contribution in [3.05, 3.63) is 12.2 Å². The Kier molecular flexibility index (Phi) is 3.73.